The van der Waals surface area contributed by atoms with Crippen LogP contribution in [0, 0.1) is 0 Å². The van der Waals surface area contributed by atoms with Gasteiger partial charge in [-0.2, -0.15) is 0 Å². The SMILES string of the molecule is O=C(c1cccc(-n2cccc2)c1)N1CCC[C@H]1c1ccc2c(c1)OCCO2. The van der Waals surface area contributed by atoms with Gasteiger partial charge < -0.3 is 18.9 Å². The fourth-order valence-electron chi connectivity index (χ4n) is 4.10. The van der Waals surface area contributed by atoms with Crippen LogP contribution in [0.1, 0.15) is 34.8 Å². The van der Waals surface area contributed by atoms with E-state index < -0.39 is 0 Å². The first-order chi connectivity index (χ1) is 13.8. The Kier molecular flexibility index (Phi) is 4.28. The molecule has 1 amide bonds. The highest BCUT2D eigenvalue weighted by molar-refractivity contribution is 5.95. The Bertz CT molecular complexity index is 997. The third-order valence-corrected chi connectivity index (χ3v) is 5.46. The third-order valence-electron chi connectivity index (χ3n) is 5.46. The average Bonchev–Trinajstić information content (AvgIpc) is 3.45. The molecule has 0 radical (unpaired) electrons. The number of hydrogen-bond donors (Lipinski definition) is 0. The molecule has 2 aromatic carbocycles. The number of carbonyl (C=O) groups excluding carboxylic acids is 1. The molecule has 5 nitrogen and oxygen atoms in total. The van der Waals surface area contributed by atoms with Gasteiger partial charge in [0.15, 0.2) is 11.5 Å². The van der Waals surface area contributed by atoms with E-state index in [4.69, 9.17) is 9.47 Å². The van der Waals surface area contributed by atoms with Crippen molar-refractivity contribution in [1.82, 2.24) is 9.47 Å². The lowest BCUT2D eigenvalue weighted by molar-refractivity contribution is 0.0735. The standard InChI is InChI=1S/C23H22N2O3/c26-23(18-5-3-6-19(15-18)24-10-1-2-11-24)25-12-4-7-20(25)17-8-9-21-22(16-17)28-14-13-27-21/h1-3,5-6,8-11,15-16,20H,4,7,12-14H2/t20-/m0/s1. The second kappa shape index (κ2) is 7.08. The number of likely N-dealkylation sites (tertiary alicyclic amines) is 1. The van der Waals surface area contributed by atoms with Gasteiger partial charge in [-0.3, -0.25) is 4.79 Å². The van der Waals surface area contributed by atoms with E-state index in [1.54, 1.807) is 0 Å². The lowest BCUT2D eigenvalue weighted by Gasteiger charge is -2.27. The summed E-state index contributed by atoms with van der Waals surface area (Å²) < 4.78 is 13.4. The summed E-state index contributed by atoms with van der Waals surface area (Å²) in [5.74, 6) is 1.63. The minimum atomic E-state index is 0.0681. The van der Waals surface area contributed by atoms with E-state index in [1.165, 1.54) is 0 Å². The van der Waals surface area contributed by atoms with Gasteiger partial charge in [-0.05, 0) is 60.9 Å². The Morgan fingerprint density at radius 2 is 1.75 bits per heavy atom. The molecule has 0 bridgehead atoms. The summed E-state index contributed by atoms with van der Waals surface area (Å²) in [4.78, 5) is 15.3. The zero-order chi connectivity index (χ0) is 18.9. The number of aromatic nitrogens is 1. The van der Waals surface area contributed by atoms with Gasteiger partial charge >= 0.3 is 0 Å². The highest BCUT2D eigenvalue weighted by Gasteiger charge is 2.31. The van der Waals surface area contributed by atoms with Crippen LogP contribution in [0.4, 0.5) is 0 Å². The Hall–Kier alpha value is -3.21. The molecule has 5 rings (SSSR count). The van der Waals surface area contributed by atoms with Crippen molar-refractivity contribution in [2.45, 2.75) is 18.9 Å². The molecule has 0 N–H and O–H groups in total. The molecular weight excluding hydrogens is 352 g/mol. The number of nitrogens with zero attached hydrogens (tertiary/aromatic N) is 2. The van der Waals surface area contributed by atoms with E-state index in [0.29, 0.717) is 13.2 Å². The molecule has 1 saturated heterocycles. The van der Waals surface area contributed by atoms with Crippen LogP contribution in [0.25, 0.3) is 5.69 Å². The van der Waals surface area contributed by atoms with Crippen LogP contribution < -0.4 is 9.47 Å². The van der Waals surface area contributed by atoms with Crippen LogP contribution in [-0.2, 0) is 0 Å². The van der Waals surface area contributed by atoms with Crippen LogP contribution >= 0.6 is 0 Å². The molecule has 0 spiro atoms. The number of benzene rings is 2. The van der Waals surface area contributed by atoms with Crippen molar-refractivity contribution < 1.29 is 14.3 Å². The van der Waals surface area contributed by atoms with Gasteiger partial charge in [0.2, 0.25) is 0 Å². The number of hydrogen-bond acceptors (Lipinski definition) is 3. The minimum Gasteiger partial charge on any atom is -0.486 e. The molecule has 0 aliphatic carbocycles. The number of carbonyl (C=O) groups is 1. The molecule has 0 saturated carbocycles. The minimum absolute atomic E-state index is 0.0681. The van der Waals surface area contributed by atoms with Gasteiger partial charge in [0.05, 0.1) is 6.04 Å². The first-order valence-electron chi connectivity index (χ1n) is 9.73. The van der Waals surface area contributed by atoms with E-state index in [1.807, 2.05) is 70.4 Å². The van der Waals surface area contributed by atoms with Crippen LogP contribution in [0.3, 0.4) is 0 Å². The van der Waals surface area contributed by atoms with Crippen molar-refractivity contribution in [3.63, 3.8) is 0 Å². The predicted molar refractivity (Wildman–Crippen MR) is 106 cm³/mol. The molecule has 1 atom stereocenters. The van der Waals surface area contributed by atoms with Crippen LogP contribution in [0.15, 0.2) is 67.0 Å². The molecule has 2 aliphatic heterocycles. The number of ether oxygens (including phenoxy) is 2. The summed E-state index contributed by atoms with van der Waals surface area (Å²) in [5, 5.41) is 0. The number of rotatable bonds is 3. The van der Waals surface area contributed by atoms with Gasteiger partial charge in [0, 0.05) is 30.2 Å². The molecule has 28 heavy (non-hydrogen) atoms. The zero-order valence-corrected chi connectivity index (χ0v) is 15.6. The molecule has 1 aromatic heterocycles. The fourth-order valence-corrected chi connectivity index (χ4v) is 4.10. The van der Waals surface area contributed by atoms with Gasteiger partial charge in [0.1, 0.15) is 13.2 Å². The molecule has 1 fully saturated rings. The lowest BCUT2D eigenvalue weighted by atomic mass is 10.0. The maximum atomic E-state index is 13.3. The molecule has 0 unspecified atom stereocenters. The van der Waals surface area contributed by atoms with Gasteiger partial charge in [-0.1, -0.05) is 12.1 Å². The van der Waals surface area contributed by atoms with E-state index in [0.717, 1.165) is 47.7 Å². The topological polar surface area (TPSA) is 43.7 Å². The van der Waals surface area contributed by atoms with Crippen LogP contribution in [0.2, 0.25) is 0 Å². The Morgan fingerprint density at radius 1 is 0.929 bits per heavy atom. The van der Waals surface area contributed by atoms with E-state index in [-0.39, 0.29) is 11.9 Å². The van der Waals surface area contributed by atoms with Crippen molar-refractivity contribution in [3.8, 4) is 17.2 Å². The quantitative estimate of drug-likeness (QED) is 0.689. The van der Waals surface area contributed by atoms with Crippen molar-refractivity contribution in [1.29, 1.82) is 0 Å². The van der Waals surface area contributed by atoms with Gasteiger partial charge in [-0.25, -0.2) is 0 Å². The predicted octanol–water partition coefficient (Wildman–Crippen LogP) is 4.23. The summed E-state index contributed by atoms with van der Waals surface area (Å²) in [6.45, 7) is 1.92. The maximum Gasteiger partial charge on any atom is 0.254 e. The molecule has 3 aromatic rings. The molecule has 5 heteroatoms. The third kappa shape index (κ3) is 3.03. The first-order valence-corrected chi connectivity index (χ1v) is 9.73. The van der Waals surface area contributed by atoms with E-state index in [9.17, 15) is 4.79 Å². The average molecular weight is 374 g/mol. The highest BCUT2D eigenvalue weighted by Crippen LogP contribution is 2.38. The second-order valence-corrected chi connectivity index (χ2v) is 7.20. The van der Waals surface area contributed by atoms with E-state index >= 15 is 0 Å². The summed E-state index contributed by atoms with van der Waals surface area (Å²) in [5.41, 5.74) is 2.82. The first kappa shape index (κ1) is 16.9. The van der Waals surface area contributed by atoms with E-state index in [2.05, 4.69) is 6.07 Å². The summed E-state index contributed by atoms with van der Waals surface area (Å²) in [7, 11) is 0. The zero-order valence-electron chi connectivity index (χ0n) is 15.6. The monoisotopic (exact) mass is 374 g/mol. The summed E-state index contributed by atoms with van der Waals surface area (Å²) in [6, 6.07) is 17.9. The molecule has 3 heterocycles. The van der Waals surface area contributed by atoms with Crippen LogP contribution in [0.5, 0.6) is 11.5 Å². The Labute approximate surface area is 164 Å². The van der Waals surface area contributed by atoms with Gasteiger partial charge in [-0.15, -0.1) is 0 Å². The molecule has 142 valence electrons. The molecule has 2 aliphatic rings. The summed E-state index contributed by atoms with van der Waals surface area (Å²) >= 11 is 0. The van der Waals surface area contributed by atoms with Crippen LogP contribution in [-0.4, -0.2) is 35.1 Å². The number of fused-ring (bicyclic) bond motifs is 1. The Balaban J connectivity index is 1.42. The maximum absolute atomic E-state index is 13.3. The highest BCUT2D eigenvalue weighted by atomic mass is 16.6. The Morgan fingerprint density at radius 3 is 2.61 bits per heavy atom. The van der Waals surface area contributed by atoms with Crippen molar-refractivity contribution in [2.24, 2.45) is 0 Å². The smallest absolute Gasteiger partial charge is 0.254 e. The summed E-state index contributed by atoms with van der Waals surface area (Å²) in [6.07, 6.45) is 5.93. The second-order valence-electron chi connectivity index (χ2n) is 7.20. The normalized spacial score (nSPS) is 18.3. The molecular formula is C23H22N2O3. The van der Waals surface area contributed by atoms with Gasteiger partial charge in [0.25, 0.3) is 5.91 Å². The van der Waals surface area contributed by atoms with Crippen molar-refractivity contribution >= 4 is 5.91 Å². The lowest BCUT2D eigenvalue weighted by Crippen LogP contribution is -2.30. The largest absolute Gasteiger partial charge is 0.486 e. The van der Waals surface area contributed by atoms with Crippen molar-refractivity contribution in [3.05, 3.63) is 78.1 Å². The fraction of sp³-hybridized carbons (Fsp3) is 0.261. The number of amides is 1. The van der Waals surface area contributed by atoms with Crippen molar-refractivity contribution in [2.75, 3.05) is 19.8 Å².